The summed E-state index contributed by atoms with van der Waals surface area (Å²) < 4.78 is 40.8. The average Bonchev–Trinajstić information content (AvgIpc) is 3.00. The van der Waals surface area contributed by atoms with Gasteiger partial charge in [0.05, 0.1) is 16.6 Å². The minimum atomic E-state index is -4.54. The standard InChI is InChI=1S/C15H7ClF3N5/c16-14-21-11-4-2-1-3-8(11)13-22-12(23-24(13)14)9-7-20-6-5-10(9)15(17,18)19/h1-7H. The minimum absolute atomic E-state index is 0.0138. The number of hydrogen-bond acceptors (Lipinski definition) is 4. The summed E-state index contributed by atoms with van der Waals surface area (Å²) in [6, 6.07) is 7.93. The van der Waals surface area contributed by atoms with Crippen LogP contribution in [0.1, 0.15) is 5.56 Å². The lowest BCUT2D eigenvalue weighted by molar-refractivity contribution is -0.137. The minimum Gasteiger partial charge on any atom is -0.264 e. The number of para-hydroxylation sites is 1. The van der Waals surface area contributed by atoms with E-state index < -0.39 is 11.7 Å². The van der Waals surface area contributed by atoms with Crippen LogP contribution >= 0.6 is 11.6 Å². The number of pyridine rings is 1. The lowest BCUT2D eigenvalue weighted by atomic mass is 10.1. The van der Waals surface area contributed by atoms with Crippen molar-refractivity contribution in [2.24, 2.45) is 0 Å². The highest BCUT2D eigenvalue weighted by molar-refractivity contribution is 6.29. The Morgan fingerprint density at radius 3 is 2.62 bits per heavy atom. The van der Waals surface area contributed by atoms with Gasteiger partial charge in [0.25, 0.3) is 0 Å². The van der Waals surface area contributed by atoms with Gasteiger partial charge in [0.1, 0.15) is 0 Å². The first-order chi connectivity index (χ1) is 11.4. The second-order valence-corrected chi connectivity index (χ2v) is 5.33. The van der Waals surface area contributed by atoms with E-state index >= 15 is 0 Å². The monoisotopic (exact) mass is 349 g/mol. The molecular weight excluding hydrogens is 343 g/mol. The third kappa shape index (κ3) is 2.26. The molecule has 5 nitrogen and oxygen atoms in total. The van der Waals surface area contributed by atoms with Gasteiger partial charge in [-0.2, -0.15) is 17.7 Å². The van der Waals surface area contributed by atoms with E-state index in [2.05, 4.69) is 20.1 Å². The fourth-order valence-corrected chi connectivity index (χ4v) is 2.66. The summed E-state index contributed by atoms with van der Waals surface area (Å²) in [5.74, 6) is -0.115. The van der Waals surface area contributed by atoms with Crippen molar-refractivity contribution in [3.8, 4) is 11.4 Å². The van der Waals surface area contributed by atoms with Gasteiger partial charge < -0.3 is 0 Å². The van der Waals surface area contributed by atoms with Crippen molar-refractivity contribution in [3.63, 3.8) is 0 Å². The number of alkyl halides is 3. The SMILES string of the molecule is FC(F)(F)c1ccncc1-c1nc2c3ccccc3nc(Cl)n2n1. The number of halogens is 4. The van der Waals surface area contributed by atoms with Crippen LogP contribution in [0.2, 0.25) is 5.28 Å². The third-order valence-electron chi connectivity index (χ3n) is 3.51. The van der Waals surface area contributed by atoms with Crippen LogP contribution in [-0.2, 0) is 6.18 Å². The van der Waals surface area contributed by atoms with Crippen LogP contribution < -0.4 is 0 Å². The maximum Gasteiger partial charge on any atom is 0.417 e. The fraction of sp³-hybridized carbons (Fsp3) is 0.0667. The van der Waals surface area contributed by atoms with Crippen LogP contribution in [0.3, 0.4) is 0 Å². The molecule has 1 aromatic carbocycles. The number of nitrogens with zero attached hydrogens (tertiary/aromatic N) is 5. The molecule has 120 valence electrons. The number of rotatable bonds is 1. The highest BCUT2D eigenvalue weighted by atomic mass is 35.5. The van der Waals surface area contributed by atoms with E-state index in [4.69, 9.17) is 11.6 Å². The van der Waals surface area contributed by atoms with E-state index in [0.717, 1.165) is 18.5 Å². The van der Waals surface area contributed by atoms with E-state index in [0.29, 0.717) is 16.6 Å². The van der Waals surface area contributed by atoms with Crippen molar-refractivity contribution >= 4 is 28.2 Å². The predicted octanol–water partition coefficient (Wildman–Crippen LogP) is 4.01. The van der Waals surface area contributed by atoms with Gasteiger partial charge in [-0.1, -0.05) is 12.1 Å². The van der Waals surface area contributed by atoms with Gasteiger partial charge in [0.2, 0.25) is 5.28 Å². The second-order valence-electron chi connectivity index (χ2n) is 4.99. The first-order valence-corrected chi connectivity index (χ1v) is 7.15. The molecule has 0 aliphatic carbocycles. The van der Waals surface area contributed by atoms with Crippen LogP contribution in [0.4, 0.5) is 13.2 Å². The first-order valence-electron chi connectivity index (χ1n) is 6.78. The van der Waals surface area contributed by atoms with Gasteiger partial charge in [-0.25, -0.2) is 9.97 Å². The summed E-state index contributed by atoms with van der Waals surface area (Å²) in [6.45, 7) is 0. The van der Waals surface area contributed by atoms with Crippen LogP contribution in [0.5, 0.6) is 0 Å². The molecule has 0 aliphatic rings. The smallest absolute Gasteiger partial charge is 0.264 e. The number of aromatic nitrogens is 5. The largest absolute Gasteiger partial charge is 0.417 e. The zero-order chi connectivity index (χ0) is 16.9. The Kier molecular flexibility index (Phi) is 3.17. The lowest BCUT2D eigenvalue weighted by Crippen LogP contribution is -2.08. The van der Waals surface area contributed by atoms with Gasteiger partial charge in [-0.15, -0.1) is 5.10 Å². The highest BCUT2D eigenvalue weighted by Gasteiger charge is 2.34. The molecule has 4 aromatic rings. The van der Waals surface area contributed by atoms with E-state index in [1.54, 1.807) is 24.3 Å². The molecule has 9 heteroatoms. The quantitative estimate of drug-likeness (QED) is 0.487. The Hall–Kier alpha value is -2.74. The zero-order valence-electron chi connectivity index (χ0n) is 11.8. The van der Waals surface area contributed by atoms with Crippen molar-refractivity contribution in [1.82, 2.24) is 24.6 Å². The van der Waals surface area contributed by atoms with Crippen molar-refractivity contribution in [1.29, 1.82) is 0 Å². The van der Waals surface area contributed by atoms with E-state index in [1.165, 1.54) is 4.52 Å². The Morgan fingerprint density at radius 1 is 1.04 bits per heavy atom. The van der Waals surface area contributed by atoms with E-state index in [1.807, 2.05) is 0 Å². The van der Waals surface area contributed by atoms with Crippen LogP contribution in [0.15, 0.2) is 42.7 Å². The molecule has 0 fully saturated rings. The van der Waals surface area contributed by atoms with E-state index in [9.17, 15) is 13.2 Å². The van der Waals surface area contributed by atoms with Gasteiger partial charge in [-0.05, 0) is 29.8 Å². The molecule has 4 rings (SSSR count). The second kappa shape index (κ2) is 5.13. The molecule has 0 saturated heterocycles. The zero-order valence-corrected chi connectivity index (χ0v) is 12.5. The van der Waals surface area contributed by atoms with Crippen molar-refractivity contribution in [2.75, 3.05) is 0 Å². The molecular formula is C15H7ClF3N5. The van der Waals surface area contributed by atoms with Gasteiger partial charge in [-0.3, -0.25) is 4.98 Å². The van der Waals surface area contributed by atoms with Crippen molar-refractivity contribution in [2.45, 2.75) is 6.18 Å². The first kappa shape index (κ1) is 14.8. The van der Waals surface area contributed by atoms with Crippen LogP contribution in [-0.4, -0.2) is 24.6 Å². The Morgan fingerprint density at radius 2 is 1.83 bits per heavy atom. The molecule has 24 heavy (non-hydrogen) atoms. The molecule has 0 unspecified atom stereocenters. The Bertz CT molecular complexity index is 1070. The number of fused-ring (bicyclic) bond motifs is 3. The van der Waals surface area contributed by atoms with Gasteiger partial charge >= 0.3 is 6.18 Å². The summed E-state index contributed by atoms with van der Waals surface area (Å²) >= 11 is 6.08. The fourth-order valence-electron chi connectivity index (χ4n) is 2.46. The van der Waals surface area contributed by atoms with Crippen LogP contribution in [0.25, 0.3) is 27.9 Å². The van der Waals surface area contributed by atoms with Crippen LogP contribution in [0, 0.1) is 0 Å². The topological polar surface area (TPSA) is 56.0 Å². The Balaban J connectivity index is 2.04. The third-order valence-corrected chi connectivity index (χ3v) is 3.75. The maximum absolute atomic E-state index is 13.2. The molecule has 0 spiro atoms. The molecule has 0 bridgehead atoms. The van der Waals surface area contributed by atoms with Gasteiger partial charge in [0.15, 0.2) is 11.5 Å². The maximum atomic E-state index is 13.2. The van der Waals surface area contributed by atoms with Crippen molar-refractivity contribution in [3.05, 3.63) is 53.6 Å². The number of hydrogen-bond donors (Lipinski definition) is 0. The molecule has 0 saturated carbocycles. The predicted molar refractivity (Wildman–Crippen MR) is 81.5 cm³/mol. The molecule has 0 N–H and O–H groups in total. The molecule has 3 aromatic heterocycles. The summed E-state index contributed by atoms with van der Waals surface area (Å²) in [4.78, 5) is 12.2. The molecule has 0 aliphatic heterocycles. The van der Waals surface area contributed by atoms with E-state index in [-0.39, 0.29) is 16.7 Å². The normalized spacial score (nSPS) is 12.2. The lowest BCUT2D eigenvalue weighted by Gasteiger charge is -2.09. The summed E-state index contributed by atoms with van der Waals surface area (Å²) in [7, 11) is 0. The highest BCUT2D eigenvalue weighted by Crippen LogP contribution is 2.35. The van der Waals surface area contributed by atoms with Crippen molar-refractivity contribution < 1.29 is 13.2 Å². The number of benzene rings is 1. The average molecular weight is 350 g/mol. The summed E-state index contributed by atoms with van der Waals surface area (Å²) in [6.07, 6.45) is -2.38. The molecule has 3 heterocycles. The molecule has 0 amide bonds. The Labute approximate surface area is 137 Å². The molecule has 0 radical (unpaired) electrons. The van der Waals surface area contributed by atoms with Gasteiger partial charge in [0, 0.05) is 17.8 Å². The molecule has 0 atom stereocenters. The summed E-state index contributed by atoms with van der Waals surface area (Å²) in [5.41, 5.74) is -0.163. The summed E-state index contributed by atoms with van der Waals surface area (Å²) in [5, 5.41) is 4.73.